The van der Waals surface area contributed by atoms with Crippen molar-refractivity contribution in [3.05, 3.63) is 50.6 Å². The molecule has 2 rings (SSSR count). The summed E-state index contributed by atoms with van der Waals surface area (Å²) < 4.78 is 0.946. The second-order valence-electron chi connectivity index (χ2n) is 5.51. The van der Waals surface area contributed by atoms with Crippen LogP contribution in [-0.4, -0.2) is 25.0 Å². The third-order valence-corrected chi connectivity index (χ3v) is 4.69. The molecule has 0 bridgehead atoms. The third kappa shape index (κ3) is 8.05. The quantitative estimate of drug-likeness (QED) is 0.270. The van der Waals surface area contributed by atoms with E-state index in [2.05, 4.69) is 48.3 Å². The van der Waals surface area contributed by atoms with Crippen LogP contribution < -0.4 is 16.0 Å². The van der Waals surface area contributed by atoms with Crippen LogP contribution in [0, 0.1) is 6.92 Å². The lowest BCUT2D eigenvalue weighted by Crippen LogP contribution is -2.38. The van der Waals surface area contributed by atoms with Gasteiger partial charge < -0.3 is 16.0 Å². The molecular weight excluding hydrogens is 527 g/mol. The molecular formula is C18H24BrIN4OS. The molecule has 3 N–H and O–H groups in total. The summed E-state index contributed by atoms with van der Waals surface area (Å²) in [5.41, 5.74) is 3.05. The molecule has 0 radical (unpaired) electrons. The van der Waals surface area contributed by atoms with E-state index in [-0.39, 0.29) is 29.9 Å². The monoisotopic (exact) mass is 550 g/mol. The first kappa shape index (κ1) is 22.9. The van der Waals surface area contributed by atoms with Crippen molar-refractivity contribution in [1.29, 1.82) is 0 Å². The number of benzene rings is 1. The lowest BCUT2D eigenvalue weighted by atomic mass is 10.2. The predicted molar refractivity (Wildman–Crippen MR) is 125 cm³/mol. The van der Waals surface area contributed by atoms with Crippen molar-refractivity contribution in [1.82, 2.24) is 10.6 Å². The van der Waals surface area contributed by atoms with Crippen LogP contribution in [0.15, 0.2) is 44.5 Å². The maximum Gasteiger partial charge on any atom is 0.226 e. The van der Waals surface area contributed by atoms with Gasteiger partial charge >= 0.3 is 0 Å². The van der Waals surface area contributed by atoms with Crippen molar-refractivity contribution in [3.63, 3.8) is 0 Å². The molecule has 0 atom stereocenters. The minimum absolute atomic E-state index is 0. The van der Waals surface area contributed by atoms with Gasteiger partial charge in [-0.3, -0.25) is 4.79 Å². The highest BCUT2D eigenvalue weighted by atomic mass is 127. The van der Waals surface area contributed by atoms with Crippen molar-refractivity contribution in [2.45, 2.75) is 26.8 Å². The molecule has 2 aromatic rings. The van der Waals surface area contributed by atoms with Crippen molar-refractivity contribution in [2.24, 2.45) is 4.99 Å². The number of thiophene rings is 1. The number of hydrogen-bond donors (Lipinski definition) is 3. The number of nitrogens with zero attached hydrogens (tertiary/aromatic N) is 1. The molecule has 0 fully saturated rings. The van der Waals surface area contributed by atoms with Gasteiger partial charge in [-0.15, -0.1) is 24.0 Å². The topological polar surface area (TPSA) is 65.5 Å². The first-order chi connectivity index (χ1) is 12.1. The van der Waals surface area contributed by atoms with Gasteiger partial charge in [0.15, 0.2) is 5.96 Å². The Labute approximate surface area is 184 Å². The van der Waals surface area contributed by atoms with E-state index in [1.807, 2.05) is 37.4 Å². The molecule has 0 saturated heterocycles. The molecule has 1 aromatic carbocycles. The summed E-state index contributed by atoms with van der Waals surface area (Å²) in [6.45, 7) is 5.92. The van der Waals surface area contributed by atoms with E-state index in [1.165, 1.54) is 5.56 Å². The van der Waals surface area contributed by atoms with Crippen LogP contribution in [0.1, 0.15) is 24.5 Å². The van der Waals surface area contributed by atoms with Gasteiger partial charge in [0.1, 0.15) is 0 Å². The van der Waals surface area contributed by atoms with Gasteiger partial charge in [-0.25, -0.2) is 4.99 Å². The minimum Gasteiger partial charge on any atom is -0.357 e. The highest BCUT2D eigenvalue weighted by Crippen LogP contribution is 2.20. The number of carbonyl (C=O) groups excluding carboxylic acids is 1. The second kappa shape index (κ2) is 12.3. The number of hydrogen-bond acceptors (Lipinski definition) is 3. The Kier molecular flexibility index (Phi) is 10.8. The SMILES string of the molecule is CCNC(=NCc1ccsc1)NCCC(=O)Nc1cc(Br)ccc1C.I. The smallest absolute Gasteiger partial charge is 0.226 e. The molecule has 0 aliphatic carbocycles. The predicted octanol–water partition coefficient (Wildman–Crippen LogP) is 4.52. The second-order valence-corrected chi connectivity index (χ2v) is 7.21. The van der Waals surface area contributed by atoms with Gasteiger partial charge in [0.25, 0.3) is 0 Å². The molecule has 1 aromatic heterocycles. The fraction of sp³-hybridized carbons (Fsp3) is 0.333. The van der Waals surface area contributed by atoms with Crippen LogP contribution in [0.3, 0.4) is 0 Å². The Bertz CT molecular complexity index is 722. The van der Waals surface area contributed by atoms with E-state index in [1.54, 1.807) is 11.3 Å². The normalized spacial score (nSPS) is 10.8. The number of anilines is 1. The van der Waals surface area contributed by atoms with Crippen LogP contribution in [0.4, 0.5) is 5.69 Å². The third-order valence-electron chi connectivity index (χ3n) is 3.46. The number of halogens is 2. The largest absolute Gasteiger partial charge is 0.357 e. The van der Waals surface area contributed by atoms with E-state index < -0.39 is 0 Å². The molecule has 0 spiro atoms. The van der Waals surface area contributed by atoms with E-state index in [9.17, 15) is 4.79 Å². The number of rotatable bonds is 7. The Morgan fingerprint density at radius 3 is 2.77 bits per heavy atom. The highest BCUT2D eigenvalue weighted by Gasteiger charge is 2.06. The number of carbonyl (C=O) groups is 1. The van der Waals surface area contributed by atoms with E-state index >= 15 is 0 Å². The van der Waals surface area contributed by atoms with Crippen LogP contribution in [0.5, 0.6) is 0 Å². The molecule has 8 heteroatoms. The average Bonchev–Trinajstić information content (AvgIpc) is 3.09. The van der Waals surface area contributed by atoms with Crippen molar-refractivity contribution in [3.8, 4) is 0 Å². The summed E-state index contributed by atoms with van der Waals surface area (Å²) in [7, 11) is 0. The van der Waals surface area contributed by atoms with Gasteiger partial charge in [-0.1, -0.05) is 22.0 Å². The molecule has 0 saturated carbocycles. The molecule has 1 amide bonds. The fourth-order valence-corrected chi connectivity index (χ4v) is 3.15. The summed E-state index contributed by atoms with van der Waals surface area (Å²) in [6, 6.07) is 7.90. The standard InChI is InChI=1S/C18H23BrN4OS.HI/c1-3-20-18(22-11-14-7-9-25-12-14)21-8-6-17(24)23-16-10-15(19)5-4-13(16)2;/h4-5,7,9-10,12H,3,6,8,11H2,1-2H3,(H,23,24)(H2,20,21,22);1H. The summed E-state index contributed by atoms with van der Waals surface area (Å²) in [5.74, 6) is 0.697. The van der Waals surface area contributed by atoms with Crippen molar-refractivity contribution in [2.75, 3.05) is 18.4 Å². The highest BCUT2D eigenvalue weighted by molar-refractivity contribution is 14.0. The van der Waals surface area contributed by atoms with Gasteiger partial charge in [0.2, 0.25) is 5.91 Å². The molecule has 142 valence electrons. The zero-order valence-corrected chi connectivity index (χ0v) is 19.6. The summed E-state index contributed by atoms with van der Waals surface area (Å²) in [4.78, 5) is 16.7. The number of aryl methyl sites for hydroxylation is 1. The maximum atomic E-state index is 12.1. The van der Waals surface area contributed by atoms with E-state index in [0.29, 0.717) is 19.5 Å². The summed E-state index contributed by atoms with van der Waals surface area (Å²) in [6.07, 6.45) is 0.370. The zero-order valence-electron chi connectivity index (χ0n) is 14.8. The molecule has 0 aliphatic heterocycles. The Morgan fingerprint density at radius 1 is 1.27 bits per heavy atom. The molecule has 26 heavy (non-hydrogen) atoms. The number of nitrogens with one attached hydrogen (secondary N) is 3. The van der Waals surface area contributed by atoms with Crippen LogP contribution in [0.25, 0.3) is 0 Å². The molecule has 5 nitrogen and oxygen atoms in total. The van der Waals surface area contributed by atoms with Crippen LogP contribution >= 0.6 is 51.2 Å². The Morgan fingerprint density at radius 2 is 2.08 bits per heavy atom. The first-order valence-corrected chi connectivity index (χ1v) is 9.91. The number of aliphatic imine (C=N–C) groups is 1. The lowest BCUT2D eigenvalue weighted by Gasteiger charge is -2.12. The van der Waals surface area contributed by atoms with Gasteiger partial charge in [-0.05, 0) is 53.9 Å². The lowest BCUT2D eigenvalue weighted by molar-refractivity contribution is -0.116. The van der Waals surface area contributed by atoms with Gasteiger partial charge in [0.05, 0.1) is 6.54 Å². The average molecular weight is 551 g/mol. The van der Waals surface area contributed by atoms with Gasteiger partial charge in [0, 0.05) is 29.7 Å². The number of amides is 1. The van der Waals surface area contributed by atoms with Crippen LogP contribution in [0.2, 0.25) is 0 Å². The van der Waals surface area contributed by atoms with Crippen molar-refractivity contribution >= 4 is 68.8 Å². The minimum atomic E-state index is -0.0256. The zero-order chi connectivity index (χ0) is 18.1. The maximum absolute atomic E-state index is 12.1. The number of guanidine groups is 1. The van der Waals surface area contributed by atoms with Crippen LogP contribution in [-0.2, 0) is 11.3 Å². The van der Waals surface area contributed by atoms with E-state index in [4.69, 9.17) is 0 Å². The summed E-state index contributed by atoms with van der Waals surface area (Å²) >= 11 is 5.08. The Hall–Kier alpha value is -1.13. The first-order valence-electron chi connectivity index (χ1n) is 8.17. The molecule has 0 aliphatic rings. The Balaban J connectivity index is 0.00000338. The van der Waals surface area contributed by atoms with E-state index in [0.717, 1.165) is 28.2 Å². The van der Waals surface area contributed by atoms with Gasteiger partial charge in [-0.2, -0.15) is 11.3 Å². The van der Waals surface area contributed by atoms with Crippen molar-refractivity contribution < 1.29 is 4.79 Å². The molecule has 1 heterocycles. The molecule has 0 unspecified atom stereocenters. The fourth-order valence-electron chi connectivity index (χ4n) is 2.13. The summed E-state index contributed by atoms with van der Waals surface area (Å²) in [5, 5.41) is 13.5.